The predicted molar refractivity (Wildman–Crippen MR) is 202 cm³/mol. The average Bonchev–Trinajstić information content (AvgIpc) is 3.39. The number of nitrogens with zero attached hydrogens (tertiary/aromatic N) is 1. The van der Waals surface area contributed by atoms with E-state index in [9.17, 15) is 8.78 Å². The monoisotopic (exact) mass is 817 g/mol. The summed E-state index contributed by atoms with van der Waals surface area (Å²) >= 11 is 0. The molecular weight excluding hydrogens is 778 g/mol. The Balaban J connectivity index is 1.91. The summed E-state index contributed by atoms with van der Waals surface area (Å²) in [4.78, 5) is 6.82. The van der Waals surface area contributed by atoms with Crippen LogP contribution < -0.4 is 21.5 Å². The molecule has 0 aromatic heterocycles. The largest absolute Gasteiger partial charge is 0.377 e. The second kappa shape index (κ2) is 14.8. The maximum atomic E-state index is 17.0. The summed E-state index contributed by atoms with van der Waals surface area (Å²) in [6, 6.07) is 15.6. The highest BCUT2D eigenvalue weighted by Gasteiger charge is 2.70. The Morgan fingerprint density at radius 3 is 1.32 bits per heavy atom. The fourth-order valence-corrected chi connectivity index (χ4v) is 17.3. The normalized spacial score (nSPS) is 18.6. The van der Waals surface area contributed by atoms with E-state index < -0.39 is 101 Å². The lowest BCUT2D eigenvalue weighted by Crippen LogP contribution is -2.72. The van der Waals surface area contributed by atoms with E-state index in [1.807, 2.05) is 38.1 Å². The molecule has 2 nitrogen and oxygen atoms in total. The molecule has 1 fully saturated rings. The minimum atomic E-state index is -4.51. The molecule has 5 aromatic carbocycles. The zero-order valence-corrected chi connectivity index (χ0v) is 32.9. The van der Waals surface area contributed by atoms with Crippen LogP contribution in [0.3, 0.4) is 0 Å². The van der Waals surface area contributed by atoms with Crippen molar-refractivity contribution in [3.8, 4) is 0 Å². The first-order valence-corrected chi connectivity index (χ1v) is 20.5. The van der Waals surface area contributed by atoms with Gasteiger partial charge in [0.2, 0.25) is 0 Å². The molecule has 0 radical (unpaired) electrons. The highest BCUT2D eigenvalue weighted by atomic mass is 31.2. The Morgan fingerprint density at radius 2 is 0.912 bits per heavy atom. The summed E-state index contributed by atoms with van der Waals surface area (Å²) in [7, 11) is -3.94. The van der Waals surface area contributed by atoms with Gasteiger partial charge in [-0.1, -0.05) is 102 Å². The Labute approximate surface area is 324 Å². The fraction of sp³-hybridized carbons (Fsp3) is 0.302. The van der Waals surface area contributed by atoms with Gasteiger partial charge in [-0.2, -0.15) is 4.84 Å². The molecule has 5 aromatic rings. The zero-order chi connectivity index (χ0) is 41.5. The van der Waals surface area contributed by atoms with Gasteiger partial charge < -0.3 is 0 Å². The van der Waals surface area contributed by atoms with Gasteiger partial charge in [-0.15, -0.1) is 0 Å². The van der Waals surface area contributed by atoms with E-state index in [0.29, 0.717) is 44.8 Å². The van der Waals surface area contributed by atoms with Gasteiger partial charge in [0.25, 0.3) is 0 Å². The van der Waals surface area contributed by atoms with E-state index in [1.165, 1.54) is 0 Å². The third-order valence-electron chi connectivity index (χ3n) is 12.1. The van der Waals surface area contributed by atoms with Gasteiger partial charge in [0, 0.05) is 16.3 Å². The van der Waals surface area contributed by atoms with Gasteiger partial charge >= 0.3 is 6.28 Å². The molecule has 1 aliphatic carbocycles. The van der Waals surface area contributed by atoms with Crippen molar-refractivity contribution in [1.82, 2.24) is 0 Å². The molecule has 2 atom stereocenters. The number of fused-ring (bicyclic) bond motifs is 1. The highest BCUT2D eigenvalue weighted by Crippen LogP contribution is 2.69. The maximum Gasteiger partial charge on any atom is 0.377 e. The molecule has 0 saturated heterocycles. The molecule has 1 heterocycles. The zero-order valence-electron chi connectivity index (χ0n) is 32.0. The summed E-state index contributed by atoms with van der Waals surface area (Å²) in [6.07, 6.45) is -3.77. The van der Waals surface area contributed by atoms with E-state index in [4.69, 9.17) is 4.84 Å². The van der Waals surface area contributed by atoms with E-state index in [-0.39, 0.29) is 19.3 Å². The lowest BCUT2D eigenvalue weighted by atomic mass is 9.20. The molecule has 0 bridgehead atoms. The standard InChI is InChI=1S/C43H39BF10NOP/c1-21-16-23(3)42(24(4)17-21)57(43-25(5)18-22(2)19-26(43)6)29-15-11-10-14-28(29)44(55(57)56-20-27-12-8-7-9-13-27,30-32(45)36(49)40(53)37(50)33(30)46)31-34(47)38(51)41(54)39(52)35(31)48/h7-9,12-13,16-19,28-29H,10-11,14-15,20H2,1-6H3/t28-,29-/m0/s1. The number of benzene rings is 5. The minimum absolute atomic E-state index is 0.148. The first-order chi connectivity index (χ1) is 26.9. The molecule has 7 rings (SSSR count). The SMILES string of the molecule is Cc1cc(C)c(P2(c3c(C)cc(C)cc3C)=[N+](OCc3ccccc3)[B-](c3c(F)c(F)c(F)c(F)c3F)(c3c(F)c(F)c(F)c(F)c3F)[C@H]3CCCC[C@@H]32)c(C)c1. The van der Waals surface area contributed by atoms with Crippen LogP contribution in [0.25, 0.3) is 0 Å². The summed E-state index contributed by atoms with van der Waals surface area (Å²) in [5, 5.41) is 1.09. The lowest BCUT2D eigenvalue weighted by molar-refractivity contribution is -0.686. The summed E-state index contributed by atoms with van der Waals surface area (Å²) in [5.74, 6) is -26.2. The van der Waals surface area contributed by atoms with Crippen molar-refractivity contribution in [2.45, 2.75) is 85.3 Å². The van der Waals surface area contributed by atoms with Crippen molar-refractivity contribution >= 4 is 34.9 Å². The van der Waals surface area contributed by atoms with Crippen molar-refractivity contribution in [3.63, 3.8) is 0 Å². The number of aryl methyl sites for hydroxylation is 6. The van der Waals surface area contributed by atoms with Crippen LogP contribution in [0.2, 0.25) is 5.82 Å². The van der Waals surface area contributed by atoms with Crippen LogP contribution in [0.5, 0.6) is 0 Å². The van der Waals surface area contributed by atoms with Gasteiger partial charge in [-0.25, -0.2) is 43.9 Å². The topological polar surface area (TPSA) is 12.2 Å². The van der Waals surface area contributed by atoms with Crippen molar-refractivity contribution in [3.05, 3.63) is 152 Å². The molecular formula is C43H39BF10NOP. The van der Waals surface area contributed by atoms with Crippen LogP contribution >= 0.6 is 7.05 Å². The highest BCUT2D eigenvalue weighted by molar-refractivity contribution is 7.81. The van der Waals surface area contributed by atoms with E-state index in [1.54, 1.807) is 58.0 Å². The molecule has 2 aliphatic rings. The van der Waals surface area contributed by atoms with E-state index in [0.717, 1.165) is 15.5 Å². The molecule has 14 heteroatoms. The third kappa shape index (κ3) is 5.84. The first kappa shape index (κ1) is 40.8. The predicted octanol–water partition coefficient (Wildman–Crippen LogP) is 10.3. The Kier molecular flexibility index (Phi) is 10.6. The quantitative estimate of drug-likeness (QED) is 0.0524. The van der Waals surface area contributed by atoms with E-state index >= 15 is 35.1 Å². The number of hydrogen-bond donors (Lipinski definition) is 0. The third-order valence-corrected chi connectivity index (χ3v) is 17.5. The smallest absolute Gasteiger partial charge is 0.290 e. The lowest BCUT2D eigenvalue weighted by Gasteiger charge is -2.41. The second-order valence-corrected chi connectivity index (χ2v) is 18.9. The Hall–Kier alpha value is -4.35. The van der Waals surface area contributed by atoms with Crippen molar-refractivity contribution in [2.24, 2.45) is 0 Å². The van der Waals surface area contributed by atoms with Crippen LogP contribution in [0.15, 0.2) is 54.6 Å². The molecule has 0 unspecified atom stereocenters. The van der Waals surface area contributed by atoms with Gasteiger partial charge in [0.05, 0.1) is 0 Å². The van der Waals surface area contributed by atoms with Crippen LogP contribution in [0.4, 0.5) is 43.9 Å². The van der Waals surface area contributed by atoms with Crippen LogP contribution in [0.1, 0.15) is 64.6 Å². The van der Waals surface area contributed by atoms with Crippen LogP contribution in [0, 0.1) is 99.7 Å². The first-order valence-electron chi connectivity index (χ1n) is 18.7. The van der Waals surface area contributed by atoms with Gasteiger partial charge in [-0.05, 0) is 75.8 Å². The minimum Gasteiger partial charge on any atom is -0.290 e. The molecule has 1 saturated carbocycles. The number of hydrogen-bond acceptors (Lipinski definition) is 1. The van der Waals surface area contributed by atoms with Gasteiger partial charge in [0.15, 0.2) is 34.9 Å². The van der Waals surface area contributed by atoms with Crippen LogP contribution in [-0.2, 0) is 11.4 Å². The van der Waals surface area contributed by atoms with Crippen LogP contribution in [-0.4, -0.2) is 16.3 Å². The van der Waals surface area contributed by atoms with Crippen molar-refractivity contribution in [1.29, 1.82) is 0 Å². The summed E-state index contributed by atoms with van der Waals surface area (Å²) < 4.78 is 162. The Morgan fingerprint density at radius 1 is 0.544 bits per heavy atom. The fourth-order valence-electron chi connectivity index (χ4n) is 10.6. The Bertz CT molecular complexity index is 2310. The molecule has 0 spiro atoms. The average molecular weight is 818 g/mol. The summed E-state index contributed by atoms with van der Waals surface area (Å²) in [6.45, 7) is 10.3. The molecule has 0 amide bonds. The summed E-state index contributed by atoms with van der Waals surface area (Å²) in [5.41, 5.74) is 0.231. The van der Waals surface area contributed by atoms with Gasteiger partial charge in [-0.3, -0.25) is 4.40 Å². The van der Waals surface area contributed by atoms with E-state index in [2.05, 4.69) is 0 Å². The maximum absolute atomic E-state index is 17.0. The molecule has 57 heavy (non-hydrogen) atoms. The second-order valence-electron chi connectivity index (χ2n) is 15.6. The molecule has 0 N–H and O–H groups in total. The van der Waals surface area contributed by atoms with Gasteiger partial charge in [0.1, 0.15) is 36.9 Å². The number of halogens is 10. The molecule has 300 valence electrons. The van der Waals surface area contributed by atoms with Crippen molar-refractivity contribution < 1.29 is 53.1 Å². The van der Waals surface area contributed by atoms with Crippen molar-refractivity contribution in [2.75, 3.05) is 0 Å². The number of rotatable bonds is 7. The molecule has 1 aliphatic heterocycles.